The highest BCUT2D eigenvalue weighted by atomic mass is 16.6. The zero-order valence-corrected chi connectivity index (χ0v) is 13.9. The van der Waals surface area contributed by atoms with Crippen molar-refractivity contribution in [2.45, 2.75) is 70.6 Å². The van der Waals surface area contributed by atoms with Gasteiger partial charge in [-0.1, -0.05) is 30.3 Å². The Balaban J connectivity index is 1.63. The SMILES string of the molecule is CC(C)(C)OC(=O)N1C2CCC1CC(Cc1ccccc1)C2. The summed E-state index contributed by atoms with van der Waals surface area (Å²) in [7, 11) is 0. The molecule has 0 N–H and O–H groups in total. The topological polar surface area (TPSA) is 29.5 Å². The summed E-state index contributed by atoms with van der Waals surface area (Å²) in [4.78, 5) is 14.5. The maximum atomic E-state index is 12.4. The van der Waals surface area contributed by atoms with Crippen LogP contribution in [0.4, 0.5) is 4.79 Å². The zero-order valence-electron chi connectivity index (χ0n) is 13.9. The molecule has 22 heavy (non-hydrogen) atoms. The van der Waals surface area contributed by atoms with Crippen molar-refractivity contribution < 1.29 is 9.53 Å². The van der Waals surface area contributed by atoms with Gasteiger partial charge < -0.3 is 9.64 Å². The van der Waals surface area contributed by atoms with E-state index < -0.39 is 5.60 Å². The molecule has 0 aromatic heterocycles. The third-order valence-electron chi connectivity index (χ3n) is 4.80. The lowest BCUT2D eigenvalue weighted by atomic mass is 9.86. The van der Waals surface area contributed by atoms with Crippen LogP contribution in [0.15, 0.2) is 30.3 Å². The maximum Gasteiger partial charge on any atom is 0.410 e. The lowest BCUT2D eigenvalue weighted by molar-refractivity contribution is 0.00216. The Morgan fingerprint density at radius 2 is 1.73 bits per heavy atom. The first-order valence-corrected chi connectivity index (χ1v) is 8.47. The number of fused-ring (bicyclic) bond motifs is 2. The van der Waals surface area contributed by atoms with E-state index in [1.165, 1.54) is 5.56 Å². The zero-order chi connectivity index (χ0) is 15.7. The van der Waals surface area contributed by atoms with Crippen molar-refractivity contribution in [3.05, 3.63) is 35.9 Å². The highest BCUT2D eigenvalue weighted by Gasteiger charge is 2.44. The number of carbonyl (C=O) groups is 1. The van der Waals surface area contributed by atoms with Gasteiger partial charge in [-0.3, -0.25) is 0 Å². The standard InChI is InChI=1S/C19H27NO2/c1-19(2,3)22-18(21)20-16-9-10-17(20)13-15(12-16)11-14-7-5-4-6-8-14/h4-8,15-17H,9-13H2,1-3H3. The second kappa shape index (κ2) is 5.94. The average Bonchev–Trinajstić information content (AvgIpc) is 2.70. The molecule has 2 bridgehead atoms. The predicted molar refractivity (Wildman–Crippen MR) is 87.8 cm³/mol. The number of hydrogen-bond acceptors (Lipinski definition) is 2. The molecule has 1 aromatic carbocycles. The summed E-state index contributed by atoms with van der Waals surface area (Å²) in [5, 5.41) is 0. The monoisotopic (exact) mass is 301 g/mol. The molecular formula is C19H27NO2. The third kappa shape index (κ3) is 3.45. The van der Waals surface area contributed by atoms with Gasteiger partial charge >= 0.3 is 6.09 Å². The number of piperidine rings is 1. The van der Waals surface area contributed by atoms with Gasteiger partial charge in [0.2, 0.25) is 0 Å². The molecule has 2 atom stereocenters. The molecule has 0 radical (unpaired) electrons. The molecule has 1 amide bonds. The number of rotatable bonds is 2. The number of ether oxygens (including phenoxy) is 1. The third-order valence-corrected chi connectivity index (χ3v) is 4.80. The molecule has 0 spiro atoms. The second-order valence-electron chi connectivity index (χ2n) is 7.80. The van der Waals surface area contributed by atoms with Crippen LogP contribution in [0.1, 0.15) is 52.0 Å². The second-order valence-corrected chi connectivity index (χ2v) is 7.80. The molecule has 0 saturated carbocycles. The van der Waals surface area contributed by atoms with Crippen molar-refractivity contribution in [1.82, 2.24) is 4.90 Å². The Morgan fingerprint density at radius 3 is 2.27 bits per heavy atom. The molecule has 120 valence electrons. The summed E-state index contributed by atoms with van der Waals surface area (Å²) in [5.74, 6) is 0.693. The van der Waals surface area contributed by atoms with Gasteiger partial charge in [-0.05, 0) is 64.4 Å². The highest BCUT2D eigenvalue weighted by molar-refractivity contribution is 5.69. The van der Waals surface area contributed by atoms with Crippen LogP contribution < -0.4 is 0 Å². The highest BCUT2D eigenvalue weighted by Crippen LogP contribution is 2.40. The Bertz CT molecular complexity index is 506. The molecule has 3 rings (SSSR count). The lowest BCUT2D eigenvalue weighted by Gasteiger charge is -2.39. The van der Waals surface area contributed by atoms with E-state index in [1.54, 1.807) is 0 Å². The van der Waals surface area contributed by atoms with E-state index in [0.717, 1.165) is 32.1 Å². The molecular weight excluding hydrogens is 274 g/mol. The summed E-state index contributed by atoms with van der Waals surface area (Å²) in [5.41, 5.74) is 1.01. The Morgan fingerprint density at radius 1 is 1.14 bits per heavy atom. The Hall–Kier alpha value is -1.51. The van der Waals surface area contributed by atoms with E-state index in [2.05, 4.69) is 30.3 Å². The first-order chi connectivity index (χ1) is 10.4. The van der Waals surface area contributed by atoms with Crippen LogP contribution in [0.5, 0.6) is 0 Å². The molecule has 2 unspecified atom stereocenters. The minimum atomic E-state index is -0.405. The van der Waals surface area contributed by atoms with Gasteiger partial charge in [-0.15, -0.1) is 0 Å². The van der Waals surface area contributed by atoms with Crippen LogP contribution >= 0.6 is 0 Å². The van der Waals surface area contributed by atoms with Crippen LogP contribution in [0.25, 0.3) is 0 Å². The van der Waals surface area contributed by atoms with Gasteiger partial charge in [-0.25, -0.2) is 4.79 Å². The summed E-state index contributed by atoms with van der Waals surface area (Å²) in [6.07, 6.45) is 5.52. The fourth-order valence-corrected chi connectivity index (χ4v) is 4.02. The lowest BCUT2D eigenvalue weighted by Crippen LogP contribution is -2.48. The molecule has 3 heteroatoms. The normalized spacial score (nSPS) is 27.8. The van der Waals surface area contributed by atoms with Crippen molar-refractivity contribution in [3.8, 4) is 0 Å². The molecule has 2 fully saturated rings. The van der Waals surface area contributed by atoms with Gasteiger partial charge in [0, 0.05) is 12.1 Å². The summed E-state index contributed by atoms with van der Waals surface area (Å²) in [6, 6.07) is 11.5. The maximum absolute atomic E-state index is 12.4. The molecule has 2 saturated heterocycles. The van der Waals surface area contributed by atoms with E-state index in [1.807, 2.05) is 25.7 Å². The first-order valence-electron chi connectivity index (χ1n) is 8.47. The fraction of sp³-hybridized carbons (Fsp3) is 0.632. The van der Waals surface area contributed by atoms with Crippen LogP contribution in [0.2, 0.25) is 0 Å². The Labute approximate surface area is 133 Å². The van der Waals surface area contributed by atoms with Gasteiger partial charge in [0.25, 0.3) is 0 Å². The van der Waals surface area contributed by atoms with E-state index in [-0.39, 0.29) is 6.09 Å². The van der Waals surface area contributed by atoms with Crippen molar-refractivity contribution >= 4 is 6.09 Å². The van der Waals surface area contributed by atoms with E-state index in [9.17, 15) is 4.79 Å². The van der Waals surface area contributed by atoms with Gasteiger partial charge in [0.05, 0.1) is 0 Å². The smallest absolute Gasteiger partial charge is 0.410 e. The molecule has 0 aliphatic carbocycles. The molecule has 1 aromatic rings. The summed E-state index contributed by atoms with van der Waals surface area (Å²) in [6.45, 7) is 5.82. The van der Waals surface area contributed by atoms with Crippen molar-refractivity contribution in [2.24, 2.45) is 5.92 Å². The number of nitrogens with zero attached hydrogens (tertiary/aromatic N) is 1. The van der Waals surface area contributed by atoms with Gasteiger partial charge in [-0.2, -0.15) is 0 Å². The van der Waals surface area contributed by atoms with Crippen molar-refractivity contribution in [3.63, 3.8) is 0 Å². The van der Waals surface area contributed by atoms with E-state index >= 15 is 0 Å². The molecule has 2 aliphatic heterocycles. The van der Waals surface area contributed by atoms with Gasteiger partial charge in [0.15, 0.2) is 0 Å². The first kappa shape index (κ1) is 15.4. The fourth-order valence-electron chi connectivity index (χ4n) is 4.02. The number of benzene rings is 1. The Kier molecular flexibility index (Phi) is 4.16. The summed E-state index contributed by atoms with van der Waals surface area (Å²) < 4.78 is 5.60. The van der Waals surface area contributed by atoms with E-state index in [4.69, 9.17) is 4.74 Å². The minimum Gasteiger partial charge on any atom is -0.444 e. The van der Waals surface area contributed by atoms with Crippen molar-refractivity contribution in [1.29, 1.82) is 0 Å². The molecule has 2 aliphatic rings. The quantitative estimate of drug-likeness (QED) is 0.810. The van der Waals surface area contributed by atoms with Crippen molar-refractivity contribution in [2.75, 3.05) is 0 Å². The van der Waals surface area contributed by atoms with Crippen LogP contribution in [0.3, 0.4) is 0 Å². The largest absolute Gasteiger partial charge is 0.444 e. The number of hydrogen-bond donors (Lipinski definition) is 0. The predicted octanol–water partition coefficient (Wildman–Crippen LogP) is 4.41. The number of carbonyl (C=O) groups excluding carboxylic acids is 1. The van der Waals surface area contributed by atoms with Crippen LogP contribution in [-0.2, 0) is 11.2 Å². The molecule has 3 nitrogen and oxygen atoms in total. The van der Waals surface area contributed by atoms with E-state index in [0.29, 0.717) is 18.0 Å². The average molecular weight is 301 g/mol. The van der Waals surface area contributed by atoms with Crippen LogP contribution in [0, 0.1) is 5.92 Å². The molecule has 2 heterocycles. The van der Waals surface area contributed by atoms with Gasteiger partial charge in [0.1, 0.15) is 5.60 Å². The summed E-state index contributed by atoms with van der Waals surface area (Å²) >= 11 is 0. The van der Waals surface area contributed by atoms with Crippen LogP contribution in [-0.4, -0.2) is 28.7 Å². The number of amides is 1. The minimum absolute atomic E-state index is 0.113.